The second-order valence-corrected chi connectivity index (χ2v) is 6.04. The maximum atomic E-state index is 13.6. The van der Waals surface area contributed by atoms with Gasteiger partial charge in [0.15, 0.2) is 0 Å². The Morgan fingerprint density at radius 3 is 2.60 bits per heavy atom. The number of ether oxygens (including phenoxy) is 1. The number of nitrogens with two attached hydrogens (primary N) is 1. The summed E-state index contributed by atoms with van der Waals surface area (Å²) in [6.45, 7) is 2.46. The van der Waals surface area contributed by atoms with Crippen molar-refractivity contribution in [3.05, 3.63) is 62.3 Å². The van der Waals surface area contributed by atoms with Crippen LogP contribution in [0.3, 0.4) is 0 Å². The largest absolute Gasteiger partial charge is 0.494 e. The molecule has 2 aromatic rings. The molecular weight excluding hydrogens is 389 g/mol. The molecule has 0 aliphatic rings. The first-order chi connectivity index (χ1) is 9.52. The lowest BCUT2D eigenvalue weighted by Gasteiger charge is -2.17. The highest BCUT2D eigenvalue weighted by Crippen LogP contribution is 2.32. The smallest absolute Gasteiger partial charge is 0.137 e. The van der Waals surface area contributed by atoms with E-state index in [4.69, 9.17) is 10.5 Å². The molecule has 0 radical (unpaired) electrons. The first kappa shape index (κ1) is 15.5. The molecule has 0 heterocycles. The van der Waals surface area contributed by atoms with Crippen LogP contribution in [-0.4, -0.2) is 6.61 Å². The normalized spacial score (nSPS) is 12.2. The van der Waals surface area contributed by atoms with E-state index >= 15 is 0 Å². The van der Waals surface area contributed by atoms with Crippen LogP contribution in [0.2, 0.25) is 0 Å². The molecular formula is C15H14Br2FNO. The van der Waals surface area contributed by atoms with E-state index in [0.29, 0.717) is 22.4 Å². The van der Waals surface area contributed by atoms with Crippen LogP contribution in [0.5, 0.6) is 5.75 Å². The molecule has 0 fully saturated rings. The second kappa shape index (κ2) is 6.70. The lowest BCUT2D eigenvalue weighted by atomic mass is 9.99. The summed E-state index contributed by atoms with van der Waals surface area (Å²) >= 11 is 6.56. The van der Waals surface area contributed by atoms with E-state index < -0.39 is 6.04 Å². The van der Waals surface area contributed by atoms with Gasteiger partial charge in [-0.1, -0.05) is 22.0 Å². The quantitative estimate of drug-likeness (QED) is 0.797. The van der Waals surface area contributed by atoms with Crippen LogP contribution in [0.1, 0.15) is 24.1 Å². The molecule has 2 aromatic carbocycles. The molecule has 1 atom stereocenters. The zero-order valence-electron chi connectivity index (χ0n) is 10.9. The summed E-state index contributed by atoms with van der Waals surface area (Å²) in [5.74, 6) is 0.387. The average Bonchev–Trinajstić information content (AvgIpc) is 2.43. The lowest BCUT2D eigenvalue weighted by molar-refractivity contribution is 0.335. The van der Waals surface area contributed by atoms with Gasteiger partial charge in [0.25, 0.3) is 0 Å². The molecule has 0 amide bonds. The summed E-state index contributed by atoms with van der Waals surface area (Å²) in [6.07, 6.45) is 0. The summed E-state index contributed by atoms with van der Waals surface area (Å²) in [7, 11) is 0. The Morgan fingerprint density at radius 1 is 1.20 bits per heavy atom. The van der Waals surface area contributed by atoms with E-state index in [-0.39, 0.29) is 5.82 Å². The highest BCUT2D eigenvalue weighted by Gasteiger charge is 2.16. The van der Waals surface area contributed by atoms with Crippen LogP contribution in [0.25, 0.3) is 0 Å². The zero-order chi connectivity index (χ0) is 14.7. The molecule has 0 aliphatic carbocycles. The molecule has 2 nitrogen and oxygen atoms in total. The van der Waals surface area contributed by atoms with Gasteiger partial charge in [0.2, 0.25) is 0 Å². The third-order valence-corrected chi connectivity index (χ3v) is 4.05. The predicted molar refractivity (Wildman–Crippen MR) is 85.4 cm³/mol. The van der Waals surface area contributed by atoms with Crippen molar-refractivity contribution in [3.8, 4) is 5.75 Å². The van der Waals surface area contributed by atoms with Gasteiger partial charge >= 0.3 is 0 Å². The maximum Gasteiger partial charge on any atom is 0.137 e. The minimum Gasteiger partial charge on any atom is -0.494 e. The van der Waals surface area contributed by atoms with Crippen LogP contribution in [0.4, 0.5) is 4.39 Å². The van der Waals surface area contributed by atoms with E-state index in [2.05, 4.69) is 31.9 Å². The van der Waals surface area contributed by atoms with Gasteiger partial charge in [-0.2, -0.15) is 0 Å². The Balaban J connectivity index is 2.43. The lowest BCUT2D eigenvalue weighted by Crippen LogP contribution is -2.14. The maximum absolute atomic E-state index is 13.6. The van der Waals surface area contributed by atoms with E-state index in [1.54, 1.807) is 12.1 Å². The van der Waals surface area contributed by atoms with Crippen LogP contribution in [-0.2, 0) is 0 Å². The number of benzene rings is 2. The first-order valence-corrected chi connectivity index (χ1v) is 7.74. The molecule has 2 rings (SSSR count). The van der Waals surface area contributed by atoms with E-state index in [1.165, 1.54) is 6.07 Å². The number of hydrogen-bond acceptors (Lipinski definition) is 2. The van der Waals surface area contributed by atoms with Crippen LogP contribution in [0, 0.1) is 5.82 Å². The molecule has 106 valence electrons. The minimum absolute atomic E-state index is 0.328. The molecule has 0 saturated carbocycles. The Labute approximate surface area is 134 Å². The molecule has 0 bridgehead atoms. The monoisotopic (exact) mass is 401 g/mol. The summed E-state index contributed by atoms with van der Waals surface area (Å²) in [6, 6.07) is 10.1. The predicted octanol–water partition coefficient (Wildman–Crippen LogP) is 4.80. The van der Waals surface area contributed by atoms with Crippen molar-refractivity contribution in [3.63, 3.8) is 0 Å². The van der Waals surface area contributed by atoms with Gasteiger partial charge in [0, 0.05) is 10.0 Å². The average molecular weight is 403 g/mol. The van der Waals surface area contributed by atoms with Crippen molar-refractivity contribution in [1.29, 1.82) is 0 Å². The van der Waals surface area contributed by atoms with Gasteiger partial charge in [-0.05, 0) is 58.7 Å². The number of halogens is 3. The molecule has 1 unspecified atom stereocenters. The standard InChI is InChI=1S/C15H14Br2FNO/c1-2-20-14-6-4-10(16)8-11(14)15(19)9-3-5-12(17)13(18)7-9/h3-8,15H,2,19H2,1H3. The molecule has 0 aromatic heterocycles. The van der Waals surface area contributed by atoms with Crippen molar-refractivity contribution < 1.29 is 9.13 Å². The van der Waals surface area contributed by atoms with Crippen LogP contribution in [0.15, 0.2) is 45.3 Å². The van der Waals surface area contributed by atoms with Crippen LogP contribution < -0.4 is 10.5 Å². The molecule has 0 spiro atoms. The fourth-order valence-electron chi connectivity index (χ4n) is 1.93. The second-order valence-electron chi connectivity index (χ2n) is 4.27. The SMILES string of the molecule is CCOc1ccc(Br)cc1C(N)c1ccc(Br)c(F)c1. The molecule has 20 heavy (non-hydrogen) atoms. The van der Waals surface area contributed by atoms with Gasteiger partial charge in [-0.15, -0.1) is 0 Å². The summed E-state index contributed by atoms with van der Waals surface area (Å²) < 4.78 is 20.6. The highest BCUT2D eigenvalue weighted by atomic mass is 79.9. The van der Waals surface area contributed by atoms with Crippen molar-refractivity contribution in [2.24, 2.45) is 5.73 Å². The third-order valence-electron chi connectivity index (χ3n) is 2.91. The van der Waals surface area contributed by atoms with Gasteiger partial charge in [0.1, 0.15) is 11.6 Å². The number of hydrogen-bond donors (Lipinski definition) is 1. The van der Waals surface area contributed by atoms with Gasteiger partial charge < -0.3 is 10.5 Å². The molecule has 5 heteroatoms. The Bertz CT molecular complexity index is 619. The van der Waals surface area contributed by atoms with Crippen molar-refractivity contribution >= 4 is 31.9 Å². The summed E-state index contributed by atoms with van der Waals surface area (Å²) in [4.78, 5) is 0. The van der Waals surface area contributed by atoms with Crippen molar-refractivity contribution in [2.45, 2.75) is 13.0 Å². The number of rotatable bonds is 4. The first-order valence-electron chi connectivity index (χ1n) is 6.15. The van der Waals surface area contributed by atoms with Crippen molar-refractivity contribution in [2.75, 3.05) is 6.61 Å². The van der Waals surface area contributed by atoms with Crippen molar-refractivity contribution in [1.82, 2.24) is 0 Å². The van der Waals surface area contributed by atoms with Gasteiger partial charge in [-0.3, -0.25) is 0 Å². The molecule has 0 aliphatic heterocycles. The van der Waals surface area contributed by atoms with E-state index in [1.807, 2.05) is 25.1 Å². The third kappa shape index (κ3) is 3.40. The molecule has 0 saturated heterocycles. The van der Waals surface area contributed by atoms with Gasteiger partial charge in [0.05, 0.1) is 17.1 Å². The van der Waals surface area contributed by atoms with E-state index in [9.17, 15) is 4.39 Å². The topological polar surface area (TPSA) is 35.2 Å². The molecule has 2 N–H and O–H groups in total. The zero-order valence-corrected chi connectivity index (χ0v) is 14.0. The Kier molecular flexibility index (Phi) is 5.18. The van der Waals surface area contributed by atoms with Crippen LogP contribution >= 0.6 is 31.9 Å². The highest BCUT2D eigenvalue weighted by molar-refractivity contribution is 9.10. The minimum atomic E-state index is -0.448. The fraction of sp³-hybridized carbons (Fsp3) is 0.200. The van der Waals surface area contributed by atoms with Gasteiger partial charge in [-0.25, -0.2) is 4.39 Å². The Morgan fingerprint density at radius 2 is 1.95 bits per heavy atom. The fourth-order valence-corrected chi connectivity index (χ4v) is 2.56. The summed E-state index contributed by atoms with van der Waals surface area (Å²) in [5.41, 5.74) is 7.77. The van der Waals surface area contributed by atoms with E-state index in [0.717, 1.165) is 10.0 Å². The summed E-state index contributed by atoms with van der Waals surface area (Å²) in [5, 5.41) is 0. The Hall–Kier alpha value is -0.910.